The van der Waals surface area contributed by atoms with E-state index < -0.39 is 0 Å². The van der Waals surface area contributed by atoms with Gasteiger partial charge < -0.3 is 10.1 Å². The summed E-state index contributed by atoms with van der Waals surface area (Å²) >= 11 is 1.45. The molecule has 0 saturated carbocycles. The number of nitriles is 1. The lowest BCUT2D eigenvalue weighted by Gasteiger charge is -2.03. The SMILES string of the molecule is CCc1ccc(N/C=C(/C#N)c2nc(-c3cccc(OC)c3)cs2)cc1. The summed E-state index contributed by atoms with van der Waals surface area (Å²) in [6.07, 6.45) is 2.71. The van der Waals surface area contributed by atoms with Crippen molar-refractivity contribution >= 4 is 22.6 Å². The van der Waals surface area contributed by atoms with Gasteiger partial charge in [0.2, 0.25) is 0 Å². The van der Waals surface area contributed by atoms with Crippen LogP contribution in [0.15, 0.2) is 60.1 Å². The minimum atomic E-state index is 0.503. The van der Waals surface area contributed by atoms with E-state index in [9.17, 15) is 5.26 Å². The van der Waals surface area contributed by atoms with Gasteiger partial charge in [-0.05, 0) is 36.2 Å². The van der Waals surface area contributed by atoms with Crippen LogP contribution in [0.2, 0.25) is 0 Å². The Morgan fingerprint density at radius 1 is 1.27 bits per heavy atom. The Balaban J connectivity index is 1.80. The van der Waals surface area contributed by atoms with E-state index in [-0.39, 0.29) is 0 Å². The molecule has 0 fully saturated rings. The molecule has 1 N–H and O–H groups in total. The topological polar surface area (TPSA) is 57.9 Å². The van der Waals surface area contributed by atoms with E-state index in [0.717, 1.165) is 29.1 Å². The molecule has 0 aliphatic carbocycles. The Bertz CT molecular complexity index is 952. The number of aryl methyl sites for hydroxylation is 1. The molecule has 2 aromatic carbocycles. The Morgan fingerprint density at radius 3 is 2.77 bits per heavy atom. The predicted octanol–water partition coefficient (Wildman–Crippen LogP) is 5.36. The van der Waals surface area contributed by atoms with Crippen LogP contribution < -0.4 is 10.1 Å². The fourth-order valence-corrected chi connectivity index (χ4v) is 3.24. The zero-order valence-corrected chi connectivity index (χ0v) is 15.5. The number of allylic oxidation sites excluding steroid dienone is 1. The van der Waals surface area contributed by atoms with Crippen LogP contribution in [0, 0.1) is 11.3 Å². The Hall–Kier alpha value is -3.10. The first kappa shape index (κ1) is 17.7. The molecule has 3 aromatic rings. The Kier molecular flexibility index (Phi) is 5.67. The van der Waals surface area contributed by atoms with Gasteiger partial charge in [0.25, 0.3) is 0 Å². The maximum Gasteiger partial charge on any atom is 0.136 e. The second kappa shape index (κ2) is 8.32. The van der Waals surface area contributed by atoms with Crippen LogP contribution in [0.1, 0.15) is 17.5 Å². The quantitative estimate of drug-likeness (QED) is 0.601. The summed E-state index contributed by atoms with van der Waals surface area (Å²) in [5, 5.41) is 15.3. The van der Waals surface area contributed by atoms with Crippen LogP contribution in [0.4, 0.5) is 5.69 Å². The highest BCUT2D eigenvalue weighted by Gasteiger charge is 2.09. The molecule has 0 saturated heterocycles. The highest BCUT2D eigenvalue weighted by molar-refractivity contribution is 7.11. The van der Waals surface area contributed by atoms with Crippen molar-refractivity contribution in [2.24, 2.45) is 0 Å². The van der Waals surface area contributed by atoms with E-state index in [1.54, 1.807) is 13.3 Å². The molecule has 0 aliphatic heterocycles. The van der Waals surface area contributed by atoms with E-state index in [2.05, 4.69) is 35.4 Å². The molecule has 1 aromatic heterocycles. The molecule has 130 valence electrons. The maximum atomic E-state index is 9.49. The lowest BCUT2D eigenvalue weighted by molar-refractivity contribution is 0.415. The normalized spacial score (nSPS) is 11.0. The molecule has 0 atom stereocenters. The van der Waals surface area contributed by atoms with Gasteiger partial charge in [-0.2, -0.15) is 5.26 Å². The molecule has 4 nitrogen and oxygen atoms in total. The van der Waals surface area contributed by atoms with Gasteiger partial charge in [0.05, 0.1) is 12.8 Å². The molecule has 0 spiro atoms. The summed E-state index contributed by atoms with van der Waals surface area (Å²) in [5.74, 6) is 0.783. The van der Waals surface area contributed by atoms with Gasteiger partial charge in [-0.3, -0.25) is 0 Å². The van der Waals surface area contributed by atoms with Gasteiger partial charge in [0.15, 0.2) is 0 Å². The summed E-state index contributed by atoms with van der Waals surface area (Å²) in [5.41, 5.74) is 4.52. The van der Waals surface area contributed by atoms with E-state index in [0.29, 0.717) is 10.6 Å². The number of nitrogens with one attached hydrogen (secondary N) is 1. The van der Waals surface area contributed by atoms with Crippen molar-refractivity contribution in [2.45, 2.75) is 13.3 Å². The number of hydrogen-bond donors (Lipinski definition) is 1. The highest BCUT2D eigenvalue weighted by atomic mass is 32.1. The molecular formula is C21H19N3OS. The zero-order chi connectivity index (χ0) is 18.4. The van der Waals surface area contributed by atoms with Gasteiger partial charge in [-0.25, -0.2) is 4.98 Å². The lowest BCUT2D eigenvalue weighted by atomic mass is 10.1. The third-order valence-electron chi connectivity index (χ3n) is 3.97. The first-order valence-electron chi connectivity index (χ1n) is 8.29. The van der Waals surface area contributed by atoms with E-state index in [4.69, 9.17) is 4.74 Å². The minimum absolute atomic E-state index is 0.503. The van der Waals surface area contributed by atoms with E-state index in [1.165, 1.54) is 16.9 Å². The second-order valence-corrected chi connectivity index (χ2v) is 6.49. The van der Waals surface area contributed by atoms with Crippen molar-refractivity contribution in [3.8, 4) is 23.1 Å². The van der Waals surface area contributed by atoms with Crippen molar-refractivity contribution in [2.75, 3.05) is 12.4 Å². The monoisotopic (exact) mass is 361 g/mol. The molecule has 0 bridgehead atoms. The minimum Gasteiger partial charge on any atom is -0.497 e. The van der Waals surface area contributed by atoms with Crippen molar-refractivity contribution in [1.82, 2.24) is 4.98 Å². The van der Waals surface area contributed by atoms with Gasteiger partial charge in [-0.15, -0.1) is 11.3 Å². The molecule has 0 amide bonds. The third kappa shape index (κ3) is 4.11. The van der Waals surface area contributed by atoms with Gasteiger partial charge in [0.1, 0.15) is 22.4 Å². The second-order valence-electron chi connectivity index (χ2n) is 5.63. The van der Waals surface area contributed by atoms with Crippen molar-refractivity contribution in [3.05, 3.63) is 70.7 Å². The van der Waals surface area contributed by atoms with E-state index in [1.807, 2.05) is 41.8 Å². The number of rotatable bonds is 6. The summed E-state index contributed by atoms with van der Waals surface area (Å²) < 4.78 is 5.26. The van der Waals surface area contributed by atoms with Crippen LogP contribution in [0.25, 0.3) is 16.8 Å². The largest absolute Gasteiger partial charge is 0.497 e. The average molecular weight is 361 g/mol. The average Bonchev–Trinajstić information content (AvgIpc) is 3.19. The van der Waals surface area contributed by atoms with Crippen LogP contribution in [-0.4, -0.2) is 12.1 Å². The number of hydrogen-bond acceptors (Lipinski definition) is 5. The molecular weight excluding hydrogens is 342 g/mol. The lowest BCUT2D eigenvalue weighted by Crippen LogP contribution is -1.91. The van der Waals surface area contributed by atoms with Crippen LogP contribution >= 0.6 is 11.3 Å². The fraction of sp³-hybridized carbons (Fsp3) is 0.143. The maximum absolute atomic E-state index is 9.49. The summed E-state index contributed by atoms with van der Waals surface area (Å²) in [6, 6.07) is 18.1. The van der Waals surface area contributed by atoms with Crippen LogP contribution in [0.3, 0.4) is 0 Å². The molecule has 26 heavy (non-hydrogen) atoms. The number of thiazole rings is 1. The third-order valence-corrected chi connectivity index (χ3v) is 4.84. The number of methoxy groups -OCH3 is 1. The summed E-state index contributed by atoms with van der Waals surface area (Å²) in [4.78, 5) is 4.60. The Morgan fingerprint density at radius 2 is 2.08 bits per heavy atom. The number of anilines is 1. The Labute approximate surface area is 157 Å². The molecule has 5 heteroatoms. The van der Waals surface area contributed by atoms with E-state index >= 15 is 0 Å². The van der Waals surface area contributed by atoms with Gasteiger partial charge in [-0.1, -0.05) is 31.2 Å². The number of benzene rings is 2. The predicted molar refractivity (Wildman–Crippen MR) is 107 cm³/mol. The number of aromatic nitrogens is 1. The zero-order valence-electron chi connectivity index (χ0n) is 14.7. The molecule has 3 rings (SSSR count). The van der Waals surface area contributed by atoms with Crippen molar-refractivity contribution in [3.63, 3.8) is 0 Å². The van der Waals surface area contributed by atoms with Crippen molar-refractivity contribution in [1.29, 1.82) is 5.26 Å². The fourth-order valence-electron chi connectivity index (χ4n) is 2.45. The van der Waals surface area contributed by atoms with Crippen molar-refractivity contribution < 1.29 is 4.74 Å². The van der Waals surface area contributed by atoms with Gasteiger partial charge >= 0.3 is 0 Å². The van der Waals surface area contributed by atoms with Crippen LogP contribution in [-0.2, 0) is 6.42 Å². The van der Waals surface area contributed by atoms with Crippen LogP contribution in [0.5, 0.6) is 5.75 Å². The molecule has 0 radical (unpaired) electrons. The first-order valence-corrected chi connectivity index (χ1v) is 9.17. The summed E-state index contributed by atoms with van der Waals surface area (Å²) in [6.45, 7) is 2.12. The molecule has 0 unspecified atom stereocenters. The summed E-state index contributed by atoms with van der Waals surface area (Å²) in [7, 11) is 1.64. The molecule has 1 heterocycles. The smallest absolute Gasteiger partial charge is 0.136 e. The molecule has 0 aliphatic rings. The van der Waals surface area contributed by atoms with Gasteiger partial charge in [0, 0.05) is 22.8 Å². The first-order chi connectivity index (χ1) is 12.7. The number of nitrogens with zero attached hydrogens (tertiary/aromatic N) is 2. The standard InChI is InChI=1S/C21H19N3OS/c1-3-15-7-9-18(10-8-15)23-13-17(12-22)21-24-20(14-26-21)16-5-4-6-19(11-16)25-2/h4-11,13-14,23H,3H2,1-2H3/b17-13-. The highest BCUT2D eigenvalue weighted by Crippen LogP contribution is 2.28. The number of ether oxygens (including phenoxy) is 1.